The van der Waals surface area contributed by atoms with Crippen LogP contribution in [0, 0.1) is 17.7 Å². The first kappa shape index (κ1) is 16.8. The molecule has 0 aromatic carbocycles. The number of carbonyl (C=O) groups is 2. The Hall–Kier alpha value is -2.02. The second-order valence-electron chi connectivity index (χ2n) is 6.54. The van der Waals surface area contributed by atoms with Crippen LogP contribution in [0.4, 0.5) is 4.39 Å². The SMILES string of the molecule is NC(=O)[C@@H]1CCO[C@@H]1CC1CCN(C(=O)c2ccc(F)cn2)CC1. The highest BCUT2D eigenvalue weighted by atomic mass is 19.1. The van der Waals surface area contributed by atoms with E-state index < -0.39 is 5.82 Å². The maximum absolute atomic E-state index is 12.9. The lowest BCUT2D eigenvalue weighted by Gasteiger charge is -2.33. The molecule has 2 saturated heterocycles. The minimum atomic E-state index is -0.453. The van der Waals surface area contributed by atoms with Crippen LogP contribution in [-0.4, -0.2) is 47.5 Å². The standard InChI is InChI=1S/C17H22FN3O3/c18-12-1-2-14(20-10-12)17(23)21-6-3-11(4-7-21)9-15-13(16(19)22)5-8-24-15/h1-2,10-11,13,15H,3-9H2,(H2,19,22)/t13-,15-/m1/s1. The number of halogens is 1. The third-order valence-corrected chi connectivity index (χ3v) is 4.99. The summed E-state index contributed by atoms with van der Waals surface area (Å²) in [5.74, 6) is -0.674. The van der Waals surface area contributed by atoms with Crippen LogP contribution >= 0.6 is 0 Å². The molecule has 7 heteroatoms. The maximum atomic E-state index is 12.9. The van der Waals surface area contributed by atoms with Crippen LogP contribution in [0.25, 0.3) is 0 Å². The van der Waals surface area contributed by atoms with E-state index in [1.807, 2.05) is 0 Å². The molecule has 3 rings (SSSR count). The van der Waals surface area contributed by atoms with Gasteiger partial charge in [0, 0.05) is 19.7 Å². The normalized spacial score (nSPS) is 25.0. The van der Waals surface area contributed by atoms with Gasteiger partial charge in [0.1, 0.15) is 11.5 Å². The Morgan fingerprint density at radius 3 is 2.67 bits per heavy atom. The van der Waals surface area contributed by atoms with Crippen LogP contribution < -0.4 is 5.73 Å². The predicted molar refractivity (Wildman–Crippen MR) is 84.5 cm³/mol. The molecule has 0 spiro atoms. The third kappa shape index (κ3) is 3.72. The lowest BCUT2D eigenvalue weighted by molar-refractivity contribution is -0.123. The van der Waals surface area contributed by atoms with Gasteiger partial charge in [0.2, 0.25) is 5.91 Å². The first-order valence-corrected chi connectivity index (χ1v) is 8.36. The molecule has 2 aliphatic rings. The number of hydrogen-bond donors (Lipinski definition) is 1. The van der Waals surface area contributed by atoms with Gasteiger partial charge in [0.15, 0.2) is 0 Å². The molecule has 2 N–H and O–H groups in total. The van der Waals surface area contributed by atoms with Gasteiger partial charge in [-0.05, 0) is 43.7 Å². The van der Waals surface area contributed by atoms with Crippen molar-refractivity contribution >= 4 is 11.8 Å². The van der Waals surface area contributed by atoms with Gasteiger partial charge >= 0.3 is 0 Å². The van der Waals surface area contributed by atoms with E-state index in [9.17, 15) is 14.0 Å². The number of nitrogens with zero attached hydrogens (tertiary/aromatic N) is 2. The molecule has 130 valence electrons. The van der Waals surface area contributed by atoms with Crippen LogP contribution in [0.15, 0.2) is 18.3 Å². The summed E-state index contributed by atoms with van der Waals surface area (Å²) in [7, 11) is 0. The highest BCUT2D eigenvalue weighted by Gasteiger charge is 2.35. The van der Waals surface area contributed by atoms with Crippen molar-refractivity contribution in [3.63, 3.8) is 0 Å². The van der Waals surface area contributed by atoms with Crippen LogP contribution in [0.2, 0.25) is 0 Å². The van der Waals surface area contributed by atoms with Gasteiger partial charge in [-0.15, -0.1) is 0 Å². The van der Waals surface area contributed by atoms with Crippen molar-refractivity contribution in [3.05, 3.63) is 29.8 Å². The molecule has 0 bridgehead atoms. The van der Waals surface area contributed by atoms with Crippen molar-refractivity contribution in [3.8, 4) is 0 Å². The first-order valence-electron chi connectivity index (χ1n) is 8.36. The minimum absolute atomic E-state index is 0.0893. The fourth-order valence-electron chi connectivity index (χ4n) is 3.57. The summed E-state index contributed by atoms with van der Waals surface area (Å²) in [6.07, 6.45) is 4.20. The predicted octanol–water partition coefficient (Wildman–Crippen LogP) is 1.35. The van der Waals surface area contributed by atoms with Gasteiger partial charge in [-0.3, -0.25) is 9.59 Å². The van der Waals surface area contributed by atoms with E-state index in [2.05, 4.69) is 4.98 Å². The molecule has 2 aliphatic heterocycles. The average Bonchev–Trinajstić information content (AvgIpc) is 3.04. The van der Waals surface area contributed by atoms with Crippen molar-refractivity contribution in [1.29, 1.82) is 0 Å². The Morgan fingerprint density at radius 2 is 2.04 bits per heavy atom. The molecule has 3 heterocycles. The summed E-state index contributed by atoms with van der Waals surface area (Å²) in [4.78, 5) is 29.4. The largest absolute Gasteiger partial charge is 0.377 e. The average molecular weight is 335 g/mol. The van der Waals surface area contributed by atoms with E-state index in [0.717, 1.165) is 25.5 Å². The topological polar surface area (TPSA) is 85.5 Å². The summed E-state index contributed by atoms with van der Waals surface area (Å²) < 4.78 is 18.6. The lowest BCUT2D eigenvalue weighted by Crippen LogP contribution is -2.40. The van der Waals surface area contributed by atoms with E-state index in [-0.39, 0.29) is 29.5 Å². The number of piperidine rings is 1. The smallest absolute Gasteiger partial charge is 0.272 e. The zero-order chi connectivity index (χ0) is 17.1. The molecule has 0 unspecified atom stereocenters. The van der Waals surface area contributed by atoms with Crippen LogP contribution in [-0.2, 0) is 9.53 Å². The number of nitrogens with two attached hydrogens (primary N) is 1. The van der Waals surface area contributed by atoms with E-state index in [1.165, 1.54) is 12.1 Å². The molecule has 0 saturated carbocycles. The number of pyridine rings is 1. The number of rotatable bonds is 4. The Balaban J connectivity index is 1.51. The number of likely N-dealkylation sites (tertiary alicyclic amines) is 1. The quantitative estimate of drug-likeness (QED) is 0.900. The molecule has 2 fully saturated rings. The van der Waals surface area contributed by atoms with Crippen molar-refractivity contribution in [2.24, 2.45) is 17.6 Å². The van der Waals surface area contributed by atoms with Crippen molar-refractivity contribution in [1.82, 2.24) is 9.88 Å². The summed E-state index contributed by atoms with van der Waals surface area (Å²) >= 11 is 0. The molecule has 2 atom stereocenters. The molecule has 1 aromatic heterocycles. The van der Waals surface area contributed by atoms with Gasteiger partial charge in [-0.25, -0.2) is 9.37 Å². The number of aromatic nitrogens is 1. The summed E-state index contributed by atoms with van der Waals surface area (Å²) in [5, 5.41) is 0. The molecule has 0 aliphatic carbocycles. The van der Waals surface area contributed by atoms with Gasteiger partial charge in [-0.1, -0.05) is 0 Å². The molecule has 1 aromatic rings. The molecular weight excluding hydrogens is 313 g/mol. The number of carbonyl (C=O) groups excluding carboxylic acids is 2. The molecule has 2 amide bonds. The number of hydrogen-bond acceptors (Lipinski definition) is 4. The van der Waals surface area contributed by atoms with Crippen LogP contribution in [0.3, 0.4) is 0 Å². The van der Waals surface area contributed by atoms with E-state index in [4.69, 9.17) is 10.5 Å². The van der Waals surface area contributed by atoms with Crippen LogP contribution in [0.1, 0.15) is 36.2 Å². The fourth-order valence-corrected chi connectivity index (χ4v) is 3.57. The zero-order valence-corrected chi connectivity index (χ0v) is 13.5. The fraction of sp³-hybridized carbons (Fsp3) is 0.588. The Kier molecular flexibility index (Phi) is 5.08. The number of amides is 2. The summed E-state index contributed by atoms with van der Waals surface area (Å²) in [5.41, 5.74) is 5.69. The van der Waals surface area contributed by atoms with Crippen LogP contribution in [0.5, 0.6) is 0 Å². The van der Waals surface area contributed by atoms with E-state index in [0.29, 0.717) is 32.0 Å². The Labute approximate surface area is 140 Å². The second-order valence-corrected chi connectivity index (χ2v) is 6.54. The van der Waals surface area contributed by atoms with Crippen molar-refractivity contribution in [2.45, 2.75) is 31.8 Å². The Bertz CT molecular complexity index is 600. The zero-order valence-electron chi connectivity index (χ0n) is 13.5. The highest BCUT2D eigenvalue weighted by molar-refractivity contribution is 5.92. The molecule has 24 heavy (non-hydrogen) atoms. The maximum Gasteiger partial charge on any atom is 0.272 e. The van der Waals surface area contributed by atoms with Gasteiger partial charge in [-0.2, -0.15) is 0 Å². The van der Waals surface area contributed by atoms with Gasteiger partial charge in [0.05, 0.1) is 18.2 Å². The molecule has 6 nitrogen and oxygen atoms in total. The molecule has 0 radical (unpaired) electrons. The Morgan fingerprint density at radius 1 is 1.29 bits per heavy atom. The first-order chi connectivity index (χ1) is 11.5. The van der Waals surface area contributed by atoms with Crippen molar-refractivity contribution < 1.29 is 18.7 Å². The summed E-state index contributed by atoms with van der Waals surface area (Å²) in [6, 6.07) is 2.65. The van der Waals surface area contributed by atoms with Gasteiger partial charge in [0.25, 0.3) is 5.91 Å². The second kappa shape index (κ2) is 7.25. The molecular formula is C17H22FN3O3. The summed E-state index contributed by atoms with van der Waals surface area (Å²) in [6.45, 7) is 1.86. The van der Waals surface area contributed by atoms with Crippen molar-refractivity contribution in [2.75, 3.05) is 19.7 Å². The number of ether oxygens (including phenoxy) is 1. The lowest BCUT2D eigenvalue weighted by atomic mass is 9.86. The highest BCUT2D eigenvalue weighted by Crippen LogP contribution is 2.30. The number of primary amides is 1. The monoisotopic (exact) mass is 335 g/mol. The minimum Gasteiger partial charge on any atom is -0.377 e. The van der Waals surface area contributed by atoms with E-state index >= 15 is 0 Å². The van der Waals surface area contributed by atoms with E-state index in [1.54, 1.807) is 4.90 Å². The third-order valence-electron chi connectivity index (χ3n) is 4.99. The van der Waals surface area contributed by atoms with Gasteiger partial charge < -0.3 is 15.4 Å².